The van der Waals surface area contributed by atoms with Gasteiger partial charge in [-0.3, -0.25) is 4.79 Å². The summed E-state index contributed by atoms with van der Waals surface area (Å²) in [5.74, 6) is 0.716. The Morgan fingerprint density at radius 1 is 1.53 bits per heavy atom. The van der Waals surface area contributed by atoms with E-state index in [4.69, 9.17) is 10.5 Å². The Balaban J connectivity index is 2.66. The lowest BCUT2D eigenvalue weighted by Crippen LogP contribution is -2.30. The lowest BCUT2D eigenvalue weighted by atomic mass is 10.2. The number of carbonyl (C=O) groups excluding carboxylic acids is 1. The molecule has 0 bridgehead atoms. The van der Waals surface area contributed by atoms with Gasteiger partial charge in [0.05, 0.1) is 7.11 Å². The van der Waals surface area contributed by atoms with Gasteiger partial charge >= 0.3 is 0 Å². The van der Waals surface area contributed by atoms with E-state index in [2.05, 4.69) is 0 Å². The van der Waals surface area contributed by atoms with E-state index in [0.29, 0.717) is 13.1 Å². The number of hydrogen-bond acceptors (Lipinski definition) is 3. The predicted octanol–water partition coefficient (Wildman–Crippen LogP) is 1.13. The molecule has 4 nitrogen and oxygen atoms in total. The minimum Gasteiger partial charge on any atom is -0.497 e. The molecule has 0 atom stereocenters. The molecule has 1 amide bonds. The van der Waals surface area contributed by atoms with Crippen LogP contribution in [0, 0.1) is 0 Å². The zero-order chi connectivity index (χ0) is 12.7. The second kappa shape index (κ2) is 6.70. The molecule has 0 fully saturated rings. The van der Waals surface area contributed by atoms with Gasteiger partial charge in [-0.1, -0.05) is 12.1 Å². The number of ether oxygens (including phenoxy) is 1. The summed E-state index contributed by atoms with van der Waals surface area (Å²) < 4.78 is 5.10. The molecule has 0 radical (unpaired) electrons. The van der Waals surface area contributed by atoms with Gasteiger partial charge in [0.2, 0.25) is 5.91 Å². The SMILES string of the molecule is COc1cccc(/C=C/C(=O)N(C)CCN)c1. The Kier molecular flexibility index (Phi) is 5.23. The number of rotatable bonds is 5. The van der Waals surface area contributed by atoms with Crippen LogP contribution in [0.25, 0.3) is 6.08 Å². The third-order valence-electron chi connectivity index (χ3n) is 2.35. The van der Waals surface area contributed by atoms with Crippen molar-refractivity contribution in [3.63, 3.8) is 0 Å². The van der Waals surface area contributed by atoms with Gasteiger partial charge in [-0.2, -0.15) is 0 Å². The summed E-state index contributed by atoms with van der Waals surface area (Å²) in [5.41, 5.74) is 6.31. The van der Waals surface area contributed by atoms with Crippen molar-refractivity contribution in [3.8, 4) is 5.75 Å². The summed E-state index contributed by atoms with van der Waals surface area (Å²) in [6.45, 7) is 1.02. The van der Waals surface area contributed by atoms with Crippen molar-refractivity contribution in [2.75, 3.05) is 27.2 Å². The zero-order valence-electron chi connectivity index (χ0n) is 10.2. The molecule has 2 N–H and O–H groups in total. The van der Waals surface area contributed by atoms with E-state index in [1.165, 1.54) is 6.08 Å². The van der Waals surface area contributed by atoms with Crippen LogP contribution in [0.15, 0.2) is 30.3 Å². The lowest BCUT2D eigenvalue weighted by Gasteiger charge is -2.12. The van der Waals surface area contributed by atoms with Crippen LogP contribution in [-0.2, 0) is 4.79 Å². The standard InChI is InChI=1S/C13H18N2O2/c1-15(9-8-14)13(16)7-6-11-4-3-5-12(10-11)17-2/h3-7,10H,8-9,14H2,1-2H3/b7-6+. The largest absolute Gasteiger partial charge is 0.497 e. The number of nitrogens with zero attached hydrogens (tertiary/aromatic N) is 1. The van der Waals surface area contributed by atoms with Crippen LogP contribution in [0.3, 0.4) is 0 Å². The van der Waals surface area contributed by atoms with E-state index in [9.17, 15) is 4.79 Å². The summed E-state index contributed by atoms with van der Waals surface area (Å²) >= 11 is 0. The second-order valence-electron chi connectivity index (χ2n) is 3.66. The number of methoxy groups -OCH3 is 1. The van der Waals surface area contributed by atoms with Gasteiger partial charge in [-0.05, 0) is 23.8 Å². The van der Waals surface area contributed by atoms with Crippen LogP contribution in [0.1, 0.15) is 5.56 Å². The summed E-state index contributed by atoms with van der Waals surface area (Å²) in [6.07, 6.45) is 3.29. The van der Waals surface area contributed by atoms with Crippen molar-refractivity contribution in [2.24, 2.45) is 5.73 Å². The first kappa shape index (κ1) is 13.3. The van der Waals surface area contributed by atoms with E-state index in [0.717, 1.165) is 11.3 Å². The molecule has 0 aliphatic heterocycles. The van der Waals surface area contributed by atoms with Crippen molar-refractivity contribution in [1.82, 2.24) is 4.90 Å². The van der Waals surface area contributed by atoms with Gasteiger partial charge in [0, 0.05) is 26.2 Å². The molecular weight excluding hydrogens is 216 g/mol. The summed E-state index contributed by atoms with van der Waals surface area (Å²) in [4.78, 5) is 13.2. The van der Waals surface area contributed by atoms with Crippen molar-refractivity contribution in [1.29, 1.82) is 0 Å². The van der Waals surface area contributed by atoms with Crippen molar-refractivity contribution >= 4 is 12.0 Å². The number of carbonyl (C=O) groups is 1. The minimum atomic E-state index is -0.0572. The van der Waals surface area contributed by atoms with E-state index < -0.39 is 0 Å². The molecule has 1 aromatic carbocycles. The van der Waals surface area contributed by atoms with Crippen molar-refractivity contribution in [2.45, 2.75) is 0 Å². The first-order valence-corrected chi connectivity index (χ1v) is 5.44. The highest BCUT2D eigenvalue weighted by Crippen LogP contribution is 2.13. The Labute approximate surface area is 102 Å². The average molecular weight is 234 g/mol. The van der Waals surface area contributed by atoms with E-state index >= 15 is 0 Å². The van der Waals surface area contributed by atoms with Crippen LogP contribution in [0.5, 0.6) is 5.75 Å². The quantitative estimate of drug-likeness (QED) is 0.777. The number of likely N-dealkylation sites (N-methyl/N-ethyl adjacent to an activating group) is 1. The molecule has 0 aromatic heterocycles. The molecule has 0 saturated carbocycles. The van der Waals surface area contributed by atoms with Crippen LogP contribution < -0.4 is 10.5 Å². The van der Waals surface area contributed by atoms with Gasteiger partial charge in [0.15, 0.2) is 0 Å². The third kappa shape index (κ3) is 4.28. The minimum absolute atomic E-state index is 0.0572. The molecule has 1 aromatic rings. The fourth-order valence-corrected chi connectivity index (χ4v) is 1.34. The average Bonchev–Trinajstić information content (AvgIpc) is 2.36. The Morgan fingerprint density at radius 2 is 2.29 bits per heavy atom. The number of amides is 1. The molecule has 0 aliphatic carbocycles. The van der Waals surface area contributed by atoms with Crippen LogP contribution in [-0.4, -0.2) is 38.1 Å². The first-order chi connectivity index (χ1) is 8.17. The molecule has 1 rings (SSSR count). The Hall–Kier alpha value is -1.81. The fourth-order valence-electron chi connectivity index (χ4n) is 1.34. The molecule has 4 heteroatoms. The lowest BCUT2D eigenvalue weighted by molar-refractivity contribution is -0.124. The summed E-state index contributed by atoms with van der Waals surface area (Å²) in [5, 5.41) is 0. The molecule has 0 saturated heterocycles. The first-order valence-electron chi connectivity index (χ1n) is 5.44. The summed E-state index contributed by atoms with van der Waals surface area (Å²) in [6, 6.07) is 7.52. The smallest absolute Gasteiger partial charge is 0.246 e. The molecule has 92 valence electrons. The van der Waals surface area contributed by atoms with E-state index in [1.807, 2.05) is 24.3 Å². The predicted molar refractivity (Wildman–Crippen MR) is 68.7 cm³/mol. The van der Waals surface area contributed by atoms with Crippen LogP contribution >= 0.6 is 0 Å². The molecular formula is C13H18N2O2. The molecule has 0 aliphatic rings. The van der Waals surface area contributed by atoms with Gasteiger partial charge in [0.25, 0.3) is 0 Å². The molecule has 0 heterocycles. The maximum Gasteiger partial charge on any atom is 0.246 e. The van der Waals surface area contributed by atoms with Gasteiger partial charge in [-0.15, -0.1) is 0 Å². The normalized spacial score (nSPS) is 10.5. The third-order valence-corrected chi connectivity index (χ3v) is 2.35. The highest BCUT2D eigenvalue weighted by atomic mass is 16.5. The number of nitrogens with two attached hydrogens (primary N) is 1. The van der Waals surface area contributed by atoms with E-state index in [-0.39, 0.29) is 5.91 Å². The van der Waals surface area contributed by atoms with Gasteiger partial charge < -0.3 is 15.4 Å². The van der Waals surface area contributed by atoms with Crippen molar-refractivity contribution in [3.05, 3.63) is 35.9 Å². The number of benzene rings is 1. The van der Waals surface area contributed by atoms with Gasteiger partial charge in [-0.25, -0.2) is 0 Å². The van der Waals surface area contributed by atoms with Crippen LogP contribution in [0.2, 0.25) is 0 Å². The Bertz CT molecular complexity index is 402. The van der Waals surface area contributed by atoms with Crippen molar-refractivity contribution < 1.29 is 9.53 Å². The Morgan fingerprint density at radius 3 is 2.94 bits per heavy atom. The van der Waals surface area contributed by atoms with E-state index in [1.54, 1.807) is 25.1 Å². The second-order valence-corrected chi connectivity index (χ2v) is 3.66. The van der Waals surface area contributed by atoms with Crippen LogP contribution in [0.4, 0.5) is 0 Å². The highest BCUT2D eigenvalue weighted by molar-refractivity contribution is 5.91. The maximum absolute atomic E-state index is 11.6. The van der Waals surface area contributed by atoms with Gasteiger partial charge in [0.1, 0.15) is 5.75 Å². The topological polar surface area (TPSA) is 55.6 Å². The maximum atomic E-state index is 11.6. The molecule has 0 unspecified atom stereocenters. The highest BCUT2D eigenvalue weighted by Gasteiger charge is 2.02. The monoisotopic (exact) mass is 234 g/mol. The summed E-state index contributed by atoms with van der Waals surface area (Å²) in [7, 11) is 3.34. The zero-order valence-corrected chi connectivity index (χ0v) is 10.2. The fraction of sp³-hybridized carbons (Fsp3) is 0.308. The molecule has 0 spiro atoms. The molecule has 17 heavy (non-hydrogen) atoms. The number of hydrogen-bond donors (Lipinski definition) is 1.